The van der Waals surface area contributed by atoms with E-state index in [2.05, 4.69) is 5.32 Å². The Morgan fingerprint density at radius 2 is 1.33 bits per heavy atom. The molecule has 0 heterocycles. The molecule has 3 rings (SSSR count). The first-order valence-corrected chi connectivity index (χ1v) is 12.4. The third kappa shape index (κ3) is 5.89. The normalized spacial score (nSPS) is 11.6. The lowest BCUT2D eigenvalue weighted by atomic mass is 10.1. The van der Waals surface area contributed by atoms with Gasteiger partial charge in [-0.15, -0.1) is 0 Å². The van der Waals surface area contributed by atoms with Gasteiger partial charge in [-0.1, -0.05) is 59.7 Å². The summed E-state index contributed by atoms with van der Waals surface area (Å²) in [7, 11) is -3.92. The zero-order chi connectivity index (χ0) is 24.3. The van der Waals surface area contributed by atoms with Gasteiger partial charge in [-0.25, -0.2) is 8.42 Å². The molecule has 0 atom stereocenters. The van der Waals surface area contributed by atoms with Crippen LogP contribution in [0, 0.1) is 41.5 Å². The fraction of sp³-hybridized carbons (Fsp3) is 0.296. The molecule has 3 aromatic rings. The standard InChI is InChI=1S/C27H32N2O3S/c1-18-8-11-24(12-9-18)16-29(17-26(30)28-25-15-19(2)7-10-21(25)4)33(31,32)27-22(5)13-20(3)14-23(27)6/h7-15H,16-17H2,1-6H3,(H,28,30). The fourth-order valence-electron chi connectivity index (χ4n) is 4.05. The number of nitrogens with one attached hydrogen (secondary N) is 1. The minimum atomic E-state index is -3.92. The molecule has 0 aliphatic rings. The molecule has 174 valence electrons. The van der Waals surface area contributed by atoms with Crippen LogP contribution in [-0.4, -0.2) is 25.2 Å². The predicted octanol–water partition coefficient (Wildman–Crippen LogP) is 5.37. The second-order valence-electron chi connectivity index (χ2n) is 8.85. The van der Waals surface area contributed by atoms with Crippen molar-refractivity contribution in [3.63, 3.8) is 0 Å². The zero-order valence-corrected chi connectivity index (χ0v) is 21.0. The van der Waals surface area contributed by atoms with Crippen molar-refractivity contribution in [1.82, 2.24) is 4.31 Å². The number of hydrogen-bond donors (Lipinski definition) is 1. The van der Waals surface area contributed by atoms with Crippen molar-refractivity contribution in [1.29, 1.82) is 0 Å². The van der Waals surface area contributed by atoms with E-state index in [9.17, 15) is 13.2 Å². The van der Waals surface area contributed by atoms with Crippen LogP contribution in [0.15, 0.2) is 59.5 Å². The van der Waals surface area contributed by atoms with E-state index in [1.807, 2.05) is 82.3 Å². The summed E-state index contributed by atoms with van der Waals surface area (Å²) >= 11 is 0. The zero-order valence-electron chi connectivity index (χ0n) is 20.2. The maximum Gasteiger partial charge on any atom is 0.244 e. The molecular formula is C27H32N2O3S. The van der Waals surface area contributed by atoms with E-state index in [0.717, 1.165) is 27.8 Å². The molecule has 1 amide bonds. The number of aryl methyl sites for hydroxylation is 6. The van der Waals surface area contributed by atoms with Gasteiger partial charge in [0, 0.05) is 12.2 Å². The summed E-state index contributed by atoms with van der Waals surface area (Å²) in [4.78, 5) is 13.3. The summed E-state index contributed by atoms with van der Waals surface area (Å²) in [5, 5.41) is 2.89. The van der Waals surface area contributed by atoms with Crippen LogP contribution in [0.5, 0.6) is 0 Å². The Hall–Kier alpha value is -2.96. The summed E-state index contributed by atoms with van der Waals surface area (Å²) in [5.41, 5.74) is 6.90. The van der Waals surface area contributed by atoms with Crippen LogP contribution in [-0.2, 0) is 21.4 Å². The number of carbonyl (C=O) groups excluding carboxylic acids is 1. The molecule has 5 nitrogen and oxygen atoms in total. The number of amides is 1. The SMILES string of the molecule is Cc1ccc(CN(CC(=O)Nc2cc(C)ccc2C)S(=O)(=O)c2c(C)cc(C)cc2C)cc1. The van der Waals surface area contributed by atoms with E-state index >= 15 is 0 Å². The van der Waals surface area contributed by atoms with Crippen LogP contribution in [0.1, 0.15) is 38.9 Å². The van der Waals surface area contributed by atoms with Crippen LogP contribution in [0.4, 0.5) is 5.69 Å². The van der Waals surface area contributed by atoms with Gasteiger partial charge in [0.25, 0.3) is 0 Å². The summed E-state index contributed by atoms with van der Waals surface area (Å²) in [6, 6.07) is 17.2. The number of nitrogens with zero attached hydrogens (tertiary/aromatic N) is 1. The Morgan fingerprint density at radius 3 is 1.94 bits per heavy atom. The Bertz CT molecular complexity index is 1260. The molecule has 33 heavy (non-hydrogen) atoms. The highest BCUT2D eigenvalue weighted by Gasteiger charge is 2.30. The van der Waals surface area contributed by atoms with Crippen LogP contribution in [0.3, 0.4) is 0 Å². The smallest absolute Gasteiger partial charge is 0.244 e. The Labute approximate surface area is 197 Å². The van der Waals surface area contributed by atoms with Crippen molar-refractivity contribution in [3.05, 3.63) is 93.5 Å². The van der Waals surface area contributed by atoms with Crippen molar-refractivity contribution in [2.45, 2.75) is 53.0 Å². The van der Waals surface area contributed by atoms with Gasteiger partial charge in [0.1, 0.15) is 0 Å². The molecule has 0 aliphatic heterocycles. The molecule has 0 saturated heterocycles. The highest BCUT2D eigenvalue weighted by molar-refractivity contribution is 7.89. The number of anilines is 1. The lowest BCUT2D eigenvalue weighted by molar-refractivity contribution is -0.116. The fourth-order valence-corrected chi connectivity index (χ4v) is 5.84. The molecular weight excluding hydrogens is 432 g/mol. The largest absolute Gasteiger partial charge is 0.325 e. The predicted molar refractivity (Wildman–Crippen MR) is 134 cm³/mol. The third-order valence-electron chi connectivity index (χ3n) is 5.67. The quantitative estimate of drug-likeness (QED) is 0.511. The van der Waals surface area contributed by atoms with E-state index in [4.69, 9.17) is 0 Å². The molecule has 0 aliphatic carbocycles. The van der Waals surface area contributed by atoms with Gasteiger partial charge >= 0.3 is 0 Å². The van der Waals surface area contributed by atoms with E-state index in [-0.39, 0.29) is 23.9 Å². The molecule has 0 spiro atoms. The van der Waals surface area contributed by atoms with E-state index in [1.165, 1.54) is 4.31 Å². The van der Waals surface area contributed by atoms with Crippen molar-refractivity contribution in [2.75, 3.05) is 11.9 Å². The number of sulfonamides is 1. The average molecular weight is 465 g/mol. The van der Waals surface area contributed by atoms with E-state index < -0.39 is 10.0 Å². The molecule has 0 radical (unpaired) electrons. The summed E-state index contributed by atoms with van der Waals surface area (Å²) in [5.74, 6) is -0.373. The Morgan fingerprint density at radius 1 is 0.758 bits per heavy atom. The Balaban J connectivity index is 1.98. The number of benzene rings is 3. The van der Waals surface area contributed by atoms with Crippen molar-refractivity contribution < 1.29 is 13.2 Å². The average Bonchev–Trinajstić information content (AvgIpc) is 2.71. The number of carbonyl (C=O) groups is 1. The monoisotopic (exact) mass is 464 g/mol. The second kappa shape index (κ2) is 9.89. The summed E-state index contributed by atoms with van der Waals surface area (Å²) in [6.07, 6.45) is 0. The van der Waals surface area contributed by atoms with Crippen LogP contribution in [0.2, 0.25) is 0 Å². The molecule has 0 fully saturated rings. The van der Waals surface area contributed by atoms with Gasteiger partial charge in [0.15, 0.2) is 0 Å². The highest BCUT2D eigenvalue weighted by Crippen LogP contribution is 2.27. The maximum absolute atomic E-state index is 13.8. The summed E-state index contributed by atoms with van der Waals surface area (Å²) in [6.45, 7) is 11.2. The summed E-state index contributed by atoms with van der Waals surface area (Å²) < 4.78 is 28.9. The van der Waals surface area contributed by atoms with Crippen molar-refractivity contribution >= 4 is 21.6 Å². The molecule has 1 N–H and O–H groups in total. The molecule has 6 heteroatoms. The van der Waals surface area contributed by atoms with Gasteiger partial charge in [-0.2, -0.15) is 4.31 Å². The first kappa shape index (κ1) is 24.7. The molecule has 0 aromatic heterocycles. The van der Waals surface area contributed by atoms with E-state index in [1.54, 1.807) is 13.8 Å². The minimum absolute atomic E-state index is 0.107. The minimum Gasteiger partial charge on any atom is -0.325 e. The molecule has 0 unspecified atom stereocenters. The van der Waals surface area contributed by atoms with Gasteiger partial charge < -0.3 is 5.32 Å². The topological polar surface area (TPSA) is 66.5 Å². The molecule has 0 saturated carbocycles. The maximum atomic E-state index is 13.8. The Kier molecular flexibility index (Phi) is 7.40. The van der Waals surface area contributed by atoms with Crippen LogP contribution >= 0.6 is 0 Å². The highest BCUT2D eigenvalue weighted by atomic mass is 32.2. The van der Waals surface area contributed by atoms with Gasteiger partial charge in [0.2, 0.25) is 15.9 Å². The lowest BCUT2D eigenvalue weighted by Gasteiger charge is -2.24. The van der Waals surface area contributed by atoms with Crippen molar-refractivity contribution in [3.8, 4) is 0 Å². The first-order valence-electron chi connectivity index (χ1n) is 11.0. The number of hydrogen-bond acceptors (Lipinski definition) is 3. The molecule has 0 bridgehead atoms. The lowest BCUT2D eigenvalue weighted by Crippen LogP contribution is -2.38. The van der Waals surface area contributed by atoms with Crippen molar-refractivity contribution in [2.24, 2.45) is 0 Å². The number of rotatable bonds is 7. The third-order valence-corrected chi connectivity index (χ3v) is 7.77. The van der Waals surface area contributed by atoms with E-state index in [0.29, 0.717) is 16.8 Å². The second-order valence-corrected chi connectivity index (χ2v) is 10.7. The molecule has 3 aromatic carbocycles. The van der Waals surface area contributed by atoms with Gasteiger partial charge in [0.05, 0.1) is 11.4 Å². The van der Waals surface area contributed by atoms with Gasteiger partial charge in [-0.3, -0.25) is 4.79 Å². The van der Waals surface area contributed by atoms with Gasteiger partial charge in [-0.05, 0) is 75.4 Å². The first-order chi connectivity index (χ1) is 15.5. The van der Waals surface area contributed by atoms with Crippen LogP contribution in [0.25, 0.3) is 0 Å². The van der Waals surface area contributed by atoms with Crippen LogP contribution < -0.4 is 5.32 Å².